The van der Waals surface area contributed by atoms with E-state index in [1.165, 1.54) is 6.42 Å². The van der Waals surface area contributed by atoms with E-state index in [9.17, 15) is 4.79 Å². The summed E-state index contributed by atoms with van der Waals surface area (Å²) in [5.74, 6) is 0.0647. The number of carbonyl (C=O) groups is 1. The lowest BCUT2D eigenvalue weighted by atomic mass is 10.1. The third-order valence-corrected chi connectivity index (χ3v) is 3.18. The monoisotopic (exact) mass is 283 g/mol. The van der Waals surface area contributed by atoms with Crippen molar-refractivity contribution in [2.24, 2.45) is 0 Å². The molecule has 21 heavy (non-hydrogen) atoms. The lowest BCUT2D eigenvalue weighted by Crippen LogP contribution is -2.29. The summed E-state index contributed by atoms with van der Waals surface area (Å²) in [6, 6.07) is 7.68. The molecule has 0 aromatic heterocycles. The minimum absolute atomic E-state index is 0.0647. The molecule has 0 saturated carbocycles. The van der Waals surface area contributed by atoms with Crippen molar-refractivity contribution in [3.05, 3.63) is 71.8 Å². The molecule has 2 heteroatoms. The maximum Gasteiger partial charge on any atom is 0.254 e. The van der Waals surface area contributed by atoms with Gasteiger partial charge in [-0.2, -0.15) is 0 Å². The van der Waals surface area contributed by atoms with Crippen LogP contribution in [0.3, 0.4) is 0 Å². The molecule has 0 unspecified atom stereocenters. The van der Waals surface area contributed by atoms with Gasteiger partial charge >= 0.3 is 0 Å². The molecule has 0 atom stereocenters. The highest BCUT2D eigenvalue weighted by Gasteiger charge is 2.23. The zero-order valence-electron chi connectivity index (χ0n) is 13.4. The van der Waals surface area contributed by atoms with E-state index >= 15 is 0 Å². The molecule has 2 rings (SSSR count). The van der Waals surface area contributed by atoms with Crippen molar-refractivity contribution in [2.45, 2.75) is 27.2 Å². The Kier molecular flexibility index (Phi) is 6.67. The number of amides is 1. The highest BCUT2D eigenvalue weighted by molar-refractivity contribution is 5.95. The molecule has 0 aliphatic carbocycles. The first kappa shape index (κ1) is 17.0. The van der Waals surface area contributed by atoms with E-state index in [1.807, 2.05) is 36.1 Å². The fourth-order valence-electron chi connectivity index (χ4n) is 2.17. The van der Waals surface area contributed by atoms with Gasteiger partial charge in [0.15, 0.2) is 0 Å². The van der Waals surface area contributed by atoms with Gasteiger partial charge in [0.25, 0.3) is 5.91 Å². The van der Waals surface area contributed by atoms with E-state index in [1.54, 1.807) is 12.2 Å². The maximum absolute atomic E-state index is 12.4. The molecule has 1 aromatic carbocycles. The molecule has 0 N–H and O–H groups in total. The van der Waals surface area contributed by atoms with Gasteiger partial charge in [-0.1, -0.05) is 63.3 Å². The minimum atomic E-state index is 0.0647. The van der Waals surface area contributed by atoms with Crippen LogP contribution in [0.1, 0.15) is 36.2 Å². The number of aryl methyl sites for hydroxylation is 1. The fourth-order valence-corrected chi connectivity index (χ4v) is 2.17. The standard InChI is InChI=1S/C16H17NO.C3H8/c1-4-13-10-17(11-14(13)5-2)16(18)15-8-6-7-12(3)9-15;1-3-2/h4-9H,1-2,10-11H2,3H3;3H2,1-2H3. The van der Waals surface area contributed by atoms with Crippen LogP contribution in [0.15, 0.2) is 60.7 Å². The molecule has 1 heterocycles. The second kappa shape index (κ2) is 8.25. The van der Waals surface area contributed by atoms with Gasteiger partial charge in [-0.15, -0.1) is 0 Å². The molecular formula is C19H25NO. The Morgan fingerprint density at radius 3 is 2.14 bits per heavy atom. The normalized spacial score (nSPS) is 13.6. The Labute approximate surface area is 128 Å². The van der Waals surface area contributed by atoms with Gasteiger partial charge in [-0.3, -0.25) is 4.79 Å². The maximum atomic E-state index is 12.4. The van der Waals surface area contributed by atoms with Gasteiger partial charge in [0.2, 0.25) is 0 Å². The number of carbonyl (C=O) groups excluding carboxylic acids is 1. The number of nitrogens with zero attached hydrogens (tertiary/aromatic N) is 1. The summed E-state index contributed by atoms with van der Waals surface area (Å²) in [5, 5.41) is 0. The number of hydrogen-bond donors (Lipinski definition) is 0. The average molecular weight is 283 g/mol. The second-order valence-corrected chi connectivity index (χ2v) is 5.20. The van der Waals surface area contributed by atoms with Crippen molar-refractivity contribution < 1.29 is 4.79 Å². The Balaban J connectivity index is 0.000000677. The zero-order valence-corrected chi connectivity index (χ0v) is 13.4. The minimum Gasteiger partial charge on any atom is -0.330 e. The summed E-state index contributed by atoms with van der Waals surface area (Å²) >= 11 is 0. The fraction of sp³-hybridized carbons (Fsp3) is 0.316. The Bertz CT molecular complexity index is 534. The molecule has 0 saturated heterocycles. The predicted octanol–water partition coefficient (Wildman–Crippen LogP) is 4.54. The number of hydrogen-bond acceptors (Lipinski definition) is 1. The summed E-state index contributed by atoms with van der Waals surface area (Å²) in [7, 11) is 0. The zero-order chi connectivity index (χ0) is 15.8. The molecule has 0 fully saturated rings. The van der Waals surface area contributed by atoms with E-state index in [2.05, 4.69) is 27.0 Å². The molecule has 2 nitrogen and oxygen atoms in total. The van der Waals surface area contributed by atoms with Crippen molar-refractivity contribution in [2.75, 3.05) is 13.1 Å². The van der Waals surface area contributed by atoms with E-state index in [-0.39, 0.29) is 5.91 Å². The first-order valence-electron chi connectivity index (χ1n) is 7.40. The van der Waals surface area contributed by atoms with Gasteiger partial charge in [-0.25, -0.2) is 0 Å². The van der Waals surface area contributed by atoms with Gasteiger partial charge < -0.3 is 4.90 Å². The topological polar surface area (TPSA) is 20.3 Å². The van der Waals surface area contributed by atoms with Crippen molar-refractivity contribution >= 4 is 5.91 Å². The van der Waals surface area contributed by atoms with Crippen LogP contribution in [0.4, 0.5) is 0 Å². The SMILES string of the molecule is C=CC1=C(C=C)CN(C(=O)c2cccc(C)c2)C1.CCC. The van der Waals surface area contributed by atoms with Crippen LogP contribution in [-0.4, -0.2) is 23.9 Å². The van der Waals surface area contributed by atoms with Crippen LogP contribution < -0.4 is 0 Å². The van der Waals surface area contributed by atoms with Gasteiger partial charge in [0.05, 0.1) is 0 Å². The Morgan fingerprint density at radius 2 is 1.71 bits per heavy atom. The molecule has 0 bridgehead atoms. The van der Waals surface area contributed by atoms with E-state index < -0.39 is 0 Å². The Hall–Kier alpha value is -2.09. The lowest BCUT2D eigenvalue weighted by Gasteiger charge is -2.16. The summed E-state index contributed by atoms with van der Waals surface area (Å²) < 4.78 is 0. The predicted molar refractivity (Wildman–Crippen MR) is 90.5 cm³/mol. The van der Waals surface area contributed by atoms with Gasteiger partial charge in [0.1, 0.15) is 0 Å². The molecule has 1 aliphatic heterocycles. The summed E-state index contributed by atoms with van der Waals surface area (Å²) in [5.41, 5.74) is 4.02. The number of rotatable bonds is 3. The van der Waals surface area contributed by atoms with E-state index in [0.717, 1.165) is 22.3 Å². The molecule has 0 radical (unpaired) electrons. The van der Waals surface area contributed by atoms with Crippen LogP contribution >= 0.6 is 0 Å². The quantitative estimate of drug-likeness (QED) is 0.797. The van der Waals surface area contributed by atoms with Crippen molar-refractivity contribution in [1.29, 1.82) is 0 Å². The van der Waals surface area contributed by atoms with Crippen molar-refractivity contribution in [3.8, 4) is 0 Å². The van der Waals surface area contributed by atoms with E-state index in [4.69, 9.17) is 0 Å². The third kappa shape index (κ3) is 4.45. The molecular weight excluding hydrogens is 258 g/mol. The average Bonchev–Trinajstić information content (AvgIpc) is 2.90. The van der Waals surface area contributed by atoms with Gasteiger partial charge in [-0.05, 0) is 30.2 Å². The van der Waals surface area contributed by atoms with Crippen LogP contribution in [0.2, 0.25) is 0 Å². The van der Waals surface area contributed by atoms with Crippen molar-refractivity contribution in [3.63, 3.8) is 0 Å². The molecule has 112 valence electrons. The lowest BCUT2D eigenvalue weighted by molar-refractivity contribution is 0.0797. The van der Waals surface area contributed by atoms with Crippen molar-refractivity contribution in [1.82, 2.24) is 4.90 Å². The first-order valence-corrected chi connectivity index (χ1v) is 7.40. The summed E-state index contributed by atoms with van der Waals surface area (Å²) in [6.07, 6.45) is 4.86. The van der Waals surface area contributed by atoms with Crippen LogP contribution in [0.5, 0.6) is 0 Å². The largest absolute Gasteiger partial charge is 0.330 e. The molecule has 0 spiro atoms. The number of benzene rings is 1. The van der Waals surface area contributed by atoms with Crippen LogP contribution in [-0.2, 0) is 0 Å². The van der Waals surface area contributed by atoms with E-state index in [0.29, 0.717) is 13.1 Å². The van der Waals surface area contributed by atoms with Gasteiger partial charge in [0, 0.05) is 18.7 Å². The smallest absolute Gasteiger partial charge is 0.254 e. The highest BCUT2D eigenvalue weighted by atomic mass is 16.2. The molecule has 1 amide bonds. The third-order valence-electron chi connectivity index (χ3n) is 3.18. The summed E-state index contributed by atoms with van der Waals surface area (Å²) in [6.45, 7) is 15.0. The van der Waals surface area contributed by atoms with Crippen LogP contribution in [0.25, 0.3) is 0 Å². The first-order chi connectivity index (χ1) is 10.1. The van der Waals surface area contributed by atoms with Crippen LogP contribution in [0, 0.1) is 6.92 Å². The Morgan fingerprint density at radius 1 is 1.19 bits per heavy atom. The highest BCUT2D eigenvalue weighted by Crippen LogP contribution is 2.21. The molecule has 1 aliphatic rings. The molecule has 1 aromatic rings. The summed E-state index contributed by atoms with van der Waals surface area (Å²) in [4.78, 5) is 14.2. The second-order valence-electron chi connectivity index (χ2n) is 5.20.